The summed E-state index contributed by atoms with van der Waals surface area (Å²) in [5, 5.41) is 0. The quantitative estimate of drug-likeness (QED) is 0.851. The predicted octanol–water partition coefficient (Wildman–Crippen LogP) is 1.82. The average molecular weight is 275 g/mol. The molecule has 110 valence electrons. The van der Waals surface area contributed by atoms with Crippen molar-refractivity contribution in [2.75, 3.05) is 45.1 Å². The molecule has 2 fully saturated rings. The fourth-order valence-electron chi connectivity index (χ4n) is 3.38. The van der Waals surface area contributed by atoms with Crippen LogP contribution in [-0.2, 0) is 0 Å². The molecule has 4 nitrogen and oxygen atoms in total. The molecule has 1 aromatic carbocycles. The molecule has 0 aromatic heterocycles. The van der Waals surface area contributed by atoms with Crippen molar-refractivity contribution in [1.29, 1.82) is 0 Å². The highest BCUT2D eigenvalue weighted by atomic mass is 16.5. The van der Waals surface area contributed by atoms with Crippen molar-refractivity contribution in [1.82, 2.24) is 9.80 Å². The minimum atomic E-state index is 0.746. The first-order valence-electron chi connectivity index (χ1n) is 7.76. The monoisotopic (exact) mass is 275 g/mol. The van der Waals surface area contributed by atoms with Gasteiger partial charge in [-0.25, -0.2) is 0 Å². The van der Waals surface area contributed by atoms with Crippen LogP contribution in [0, 0.1) is 0 Å². The fourth-order valence-corrected chi connectivity index (χ4v) is 3.38. The molecule has 0 spiro atoms. The first kappa shape index (κ1) is 13.7. The van der Waals surface area contributed by atoms with Crippen LogP contribution in [0.2, 0.25) is 0 Å². The minimum absolute atomic E-state index is 0.746. The maximum absolute atomic E-state index is 5.81. The van der Waals surface area contributed by atoms with Crippen LogP contribution in [0.4, 0.5) is 5.69 Å². The molecule has 3 rings (SSSR count). The largest absolute Gasteiger partial charge is 0.492 e. The second-order valence-corrected chi connectivity index (χ2v) is 5.91. The molecular weight excluding hydrogens is 250 g/mol. The van der Waals surface area contributed by atoms with Crippen LogP contribution in [0.5, 0.6) is 5.75 Å². The van der Waals surface area contributed by atoms with Gasteiger partial charge in [0, 0.05) is 30.9 Å². The number of hydrogen-bond donors (Lipinski definition) is 1. The van der Waals surface area contributed by atoms with Gasteiger partial charge in [-0.05, 0) is 51.0 Å². The maximum Gasteiger partial charge on any atom is 0.121 e. The van der Waals surface area contributed by atoms with Crippen LogP contribution in [0.3, 0.4) is 0 Å². The van der Waals surface area contributed by atoms with Crippen LogP contribution in [-0.4, -0.2) is 55.2 Å². The Hall–Kier alpha value is -1.26. The van der Waals surface area contributed by atoms with Gasteiger partial charge >= 0.3 is 0 Å². The van der Waals surface area contributed by atoms with E-state index >= 15 is 0 Å². The van der Waals surface area contributed by atoms with Crippen LogP contribution < -0.4 is 10.5 Å². The zero-order chi connectivity index (χ0) is 13.8. The van der Waals surface area contributed by atoms with Crippen molar-refractivity contribution in [3.05, 3.63) is 24.3 Å². The van der Waals surface area contributed by atoms with Gasteiger partial charge in [-0.15, -0.1) is 0 Å². The van der Waals surface area contributed by atoms with Gasteiger partial charge in [-0.2, -0.15) is 0 Å². The van der Waals surface area contributed by atoms with Gasteiger partial charge in [0.25, 0.3) is 0 Å². The van der Waals surface area contributed by atoms with E-state index in [9.17, 15) is 0 Å². The molecule has 0 radical (unpaired) electrons. The van der Waals surface area contributed by atoms with E-state index in [1.165, 1.54) is 45.4 Å². The molecule has 2 aliphatic heterocycles. The number of hydrogen-bond acceptors (Lipinski definition) is 4. The number of nitrogens with two attached hydrogens (primary N) is 1. The molecule has 0 aliphatic carbocycles. The zero-order valence-electron chi connectivity index (χ0n) is 12.1. The van der Waals surface area contributed by atoms with Crippen molar-refractivity contribution in [3.63, 3.8) is 0 Å². The number of rotatable bonds is 4. The summed E-state index contributed by atoms with van der Waals surface area (Å²) in [4.78, 5) is 5.22. The molecule has 1 atom stereocenters. The van der Waals surface area contributed by atoms with E-state index in [1.54, 1.807) is 0 Å². The third kappa shape index (κ3) is 3.44. The molecule has 1 aromatic rings. The number of ether oxygens (including phenoxy) is 1. The SMILES string of the molecule is Nc1cccc(OCCN2CCCN3CCCC3C2)c1. The van der Waals surface area contributed by atoms with E-state index in [1.807, 2.05) is 24.3 Å². The highest BCUT2D eigenvalue weighted by molar-refractivity contribution is 5.43. The van der Waals surface area contributed by atoms with Gasteiger partial charge in [0.05, 0.1) is 0 Å². The second kappa shape index (κ2) is 6.46. The maximum atomic E-state index is 5.81. The molecule has 2 aliphatic rings. The third-order valence-electron chi connectivity index (χ3n) is 4.42. The number of nitrogen functional groups attached to an aromatic ring is 1. The van der Waals surface area contributed by atoms with Crippen LogP contribution in [0.15, 0.2) is 24.3 Å². The lowest BCUT2D eigenvalue weighted by atomic mass is 10.2. The van der Waals surface area contributed by atoms with Crippen molar-refractivity contribution >= 4 is 5.69 Å². The van der Waals surface area contributed by atoms with Crippen molar-refractivity contribution < 1.29 is 4.74 Å². The Morgan fingerprint density at radius 3 is 3.00 bits per heavy atom. The van der Waals surface area contributed by atoms with E-state index < -0.39 is 0 Å². The second-order valence-electron chi connectivity index (χ2n) is 5.91. The average Bonchev–Trinajstić information content (AvgIpc) is 2.78. The van der Waals surface area contributed by atoms with Gasteiger partial charge < -0.3 is 10.5 Å². The summed E-state index contributed by atoms with van der Waals surface area (Å²) >= 11 is 0. The normalized spacial score (nSPS) is 24.3. The lowest BCUT2D eigenvalue weighted by Crippen LogP contribution is -2.38. The number of anilines is 1. The molecule has 0 saturated carbocycles. The Balaban J connectivity index is 1.46. The van der Waals surface area contributed by atoms with Crippen molar-refractivity contribution in [3.8, 4) is 5.75 Å². The van der Waals surface area contributed by atoms with Gasteiger partial charge in [0.15, 0.2) is 0 Å². The fraction of sp³-hybridized carbons (Fsp3) is 0.625. The summed E-state index contributed by atoms with van der Waals surface area (Å²) in [5.41, 5.74) is 6.52. The van der Waals surface area contributed by atoms with E-state index in [0.29, 0.717) is 0 Å². The smallest absolute Gasteiger partial charge is 0.121 e. The Morgan fingerprint density at radius 1 is 1.20 bits per heavy atom. The van der Waals surface area contributed by atoms with Crippen molar-refractivity contribution in [2.24, 2.45) is 0 Å². The van der Waals surface area contributed by atoms with E-state index in [2.05, 4.69) is 9.80 Å². The lowest BCUT2D eigenvalue weighted by Gasteiger charge is -2.25. The topological polar surface area (TPSA) is 41.7 Å². The third-order valence-corrected chi connectivity index (χ3v) is 4.42. The Kier molecular flexibility index (Phi) is 4.43. The van der Waals surface area contributed by atoms with Crippen molar-refractivity contribution in [2.45, 2.75) is 25.3 Å². The molecule has 2 N–H and O–H groups in total. The molecule has 4 heteroatoms. The summed E-state index contributed by atoms with van der Waals surface area (Å²) in [7, 11) is 0. The Labute approximate surface area is 121 Å². The summed E-state index contributed by atoms with van der Waals surface area (Å²) < 4.78 is 5.81. The summed E-state index contributed by atoms with van der Waals surface area (Å²) in [6, 6.07) is 8.46. The lowest BCUT2D eigenvalue weighted by molar-refractivity contribution is 0.188. The van der Waals surface area contributed by atoms with Gasteiger partial charge in [-0.1, -0.05) is 6.07 Å². The highest BCUT2D eigenvalue weighted by Gasteiger charge is 2.28. The molecule has 2 heterocycles. The minimum Gasteiger partial charge on any atom is -0.492 e. The Morgan fingerprint density at radius 2 is 2.10 bits per heavy atom. The van der Waals surface area contributed by atoms with Crippen LogP contribution in [0.25, 0.3) is 0 Å². The molecule has 1 unspecified atom stereocenters. The molecule has 20 heavy (non-hydrogen) atoms. The number of benzene rings is 1. The van der Waals surface area contributed by atoms with Crippen LogP contribution in [0.1, 0.15) is 19.3 Å². The summed E-state index contributed by atoms with van der Waals surface area (Å²) in [6.07, 6.45) is 4.03. The van der Waals surface area contributed by atoms with E-state index in [-0.39, 0.29) is 0 Å². The van der Waals surface area contributed by atoms with E-state index in [0.717, 1.165) is 30.6 Å². The molecule has 0 amide bonds. The zero-order valence-corrected chi connectivity index (χ0v) is 12.1. The Bertz CT molecular complexity index is 437. The van der Waals surface area contributed by atoms with Gasteiger partial charge in [0.1, 0.15) is 12.4 Å². The molecule has 2 saturated heterocycles. The standard InChI is InChI=1S/C16H25N3O/c17-14-4-1-6-16(12-14)20-11-10-18-7-3-9-19-8-2-5-15(19)13-18/h1,4,6,12,15H,2-3,5,7-11,13,17H2. The molecular formula is C16H25N3O. The van der Waals surface area contributed by atoms with Gasteiger partial charge in [0.2, 0.25) is 0 Å². The predicted molar refractivity (Wildman–Crippen MR) is 82.0 cm³/mol. The first-order valence-corrected chi connectivity index (χ1v) is 7.76. The summed E-state index contributed by atoms with van der Waals surface area (Å²) in [6.45, 7) is 6.75. The number of nitrogens with zero attached hydrogens (tertiary/aromatic N) is 2. The first-order chi connectivity index (χ1) is 9.81. The summed E-state index contributed by atoms with van der Waals surface area (Å²) in [5.74, 6) is 0.877. The van der Waals surface area contributed by atoms with Crippen LogP contribution >= 0.6 is 0 Å². The van der Waals surface area contributed by atoms with Gasteiger partial charge in [-0.3, -0.25) is 9.80 Å². The molecule has 0 bridgehead atoms. The highest BCUT2D eigenvalue weighted by Crippen LogP contribution is 2.21. The van der Waals surface area contributed by atoms with E-state index in [4.69, 9.17) is 10.5 Å². The number of fused-ring (bicyclic) bond motifs is 1.